The van der Waals surface area contributed by atoms with Crippen LogP contribution in [-0.2, 0) is 14.8 Å². The number of halogens is 13. The fourth-order valence-corrected chi connectivity index (χ4v) is 3.19. The van der Waals surface area contributed by atoms with Crippen molar-refractivity contribution in [2.45, 2.75) is 67.7 Å². The average molecular weight is 543 g/mol. The molecule has 6 nitrogen and oxygen atoms in total. The highest BCUT2D eigenvalue weighted by Crippen LogP contribution is 2.60. The van der Waals surface area contributed by atoms with Gasteiger partial charge in [0.1, 0.15) is 6.23 Å². The molecule has 33 heavy (non-hydrogen) atoms. The number of aliphatic hydroxyl groups excluding tert-OH is 1. The molecule has 3 N–H and O–H groups in total. The van der Waals surface area contributed by atoms with Gasteiger partial charge in [-0.25, -0.2) is 8.42 Å². The molecule has 1 unspecified atom stereocenters. The number of hydrogen-bond acceptors (Lipinski definition) is 4. The molecule has 0 aromatic carbocycles. The highest BCUT2D eigenvalue weighted by atomic mass is 32.2. The first-order valence-corrected chi connectivity index (χ1v) is 9.78. The van der Waals surface area contributed by atoms with Crippen LogP contribution >= 0.6 is 0 Å². The Balaban J connectivity index is 5.57. The number of carbonyl (C=O) groups is 1. The molecule has 198 valence electrons. The molecule has 0 fully saturated rings. The average Bonchev–Trinajstić information content (AvgIpc) is 2.57. The minimum absolute atomic E-state index is 0.597. The van der Waals surface area contributed by atoms with Gasteiger partial charge >= 0.3 is 41.8 Å². The van der Waals surface area contributed by atoms with Gasteiger partial charge in [-0.05, 0) is 12.8 Å². The number of carboxylic acid groups (broad SMARTS) is 1. The number of hydrogen-bond donors (Lipinski definition) is 3. The third kappa shape index (κ3) is 6.52. The number of aliphatic carboxylic acids is 1. The monoisotopic (exact) mass is 543 g/mol. The molecule has 0 aromatic rings. The number of nitrogens with one attached hydrogen (secondary N) is 1. The molecule has 1 atom stereocenters. The molecule has 0 bridgehead atoms. The van der Waals surface area contributed by atoms with Gasteiger partial charge in [0.05, 0.1) is 5.75 Å². The molecule has 0 aromatic heterocycles. The van der Waals surface area contributed by atoms with Gasteiger partial charge in [-0.3, -0.25) is 4.79 Å². The van der Waals surface area contributed by atoms with Crippen molar-refractivity contribution in [3.63, 3.8) is 0 Å². The molecule has 0 rings (SSSR count). The Morgan fingerprint density at radius 2 is 1.21 bits per heavy atom. The molecule has 0 spiro atoms. The second kappa shape index (κ2) is 9.59. The summed E-state index contributed by atoms with van der Waals surface area (Å²) in [6.07, 6.45) is -16.4. The molecule has 0 heterocycles. The summed E-state index contributed by atoms with van der Waals surface area (Å²) in [6, 6.07) is 0. The van der Waals surface area contributed by atoms with Crippen LogP contribution in [0.4, 0.5) is 57.1 Å². The Morgan fingerprint density at radius 3 is 1.61 bits per heavy atom. The van der Waals surface area contributed by atoms with Crippen molar-refractivity contribution in [2.24, 2.45) is 0 Å². The molecule has 0 aliphatic rings. The number of aliphatic hydroxyl groups is 1. The van der Waals surface area contributed by atoms with E-state index in [4.69, 9.17) is 5.11 Å². The molecule has 0 saturated heterocycles. The van der Waals surface area contributed by atoms with Crippen molar-refractivity contribution < 1.29 is 80.5 Å². The van der Waals surface area contributed by atoms with Crippen LogP contribution in [-0.4, -0.2) is 72.4 Å². The summed E-state index contributed by atoms with van der Waals surface area (Å²) in [4.78, 5) is 10.2. The summed E-state index contributed by atoms with van der Waals surface area (Å²) in [7, 11) is -4.66. The van der Waals surface area contributed by atoms with E-state index in [-0.39, 0.29) is 0 Å². The Labute approximate surface area is 175 Å². The first-order valence-electron chi connectivity index (χ1n) is 8.12. The summed E-state index contributed by atoms with van der Waals surface area (Å²) < 4.78 is 192. The summed E-state index contributed by atoms with van der Waals surface area (Å²) >= 11 is 0. The van der Waals surface area contributed by atoms with Crippen LogP contribution in [0.2, 0.25) is 0 Å². The minimum atomic E-state index is -8.06. The highest BCUT2D eigenvalue weighted by molar-refractivity contribution is 7.89. The molecule has 0 amide bonds. The van der Waals surface area contributed by atoms with Crippen LogP contribution in [0.15, 0.2) is 0 Å². The van der Waals surface area contributed by atoms with Crippen molar-refractivity contribution in [3.8, 4) is 0 Å². The Kier molecular flexibility index (Phi) is 9.13. The zero-order valence-corrected chi connectivity index (χ0v) is 16.4. The Morgan fingerprint density at radius 1 is 0.788 bits per heavy atom. The summed E-state index contributed by atoms with van der Waals surface area (Å²) in [5.74, 6) is -40.4. The van der Waals surface area contributed by atoms with Gasteiger partial charge in [0, 0.05) is 12.8 Å². The van der Waals surface area contributed by atoms with Crippen LogP contribution in [0, 0.1) is 0 Å². The van der Waals surface area contributed by atoms with Gasteiger partial charge in [0.2, 0.25) is 10.0 Å². The Bertz CT molecular complexity index is 797. The highest BCUT2D eigenvalue weighted by Gasteiger charge is 2.90. The molecule has 0 saturated carbocycles. The molecular formula is C13H14F13NO5S. The SMILES string of the molecule is O=C(O)CCCS(=O)(=O)NC(O)CCC(F)(F)C(F)(F)C(F)(F)C(F)(F)C(F)(F)C(F)(F)F. The quantitative estimate of drug-likeness (QED) is 0.243. The number of rotatable bonds is 13. The van der Waals surface area contributed by atoms with E-state index in [0.717, 1.165) is 4.72 Å². The Hall–Kier alpha value is -1.57. The third-order valence-corrected chi connectivity index (χ3v) is 5.31. The number of alkyl halides is 13. The smallest absolute Gasteiger partial charge is 0.460 e. The molecule has 0 aliphatic heterocycles. The van der Waals surface area contributed by atoms with Gasteiger partial charge in [-0.1, -0.05) is 0 Å². The zero-order chi connectivity index (χ0) is 26.9. The largest absolute Gasteiger partial charge is 0.481 e. The van der Waals surface area contributed by atoms with E-state index in [0.29, 0.717) is 0 Å². The van der Waals surface area contributed by atoms with Crippen LogP contribution in [0.25, 0.3) is 0 Å². The van der Waals surface area contributed by atoms with Crippen molar-refractivity contribution in [3.05, 3.63) is 0 Å². The number of carboxylic acids is 1. The lowest BCUT2D eigenvalue weighted by Crippen LogP contribution is -2.70. The van der Waals surface area contributed by atoms with E-state index in [9.17, 15) is 75.4 Å². The number of sulfonamides is 1. The van der Waals surface area contributed by atoms with Gasteiger partial charge in [0.15, 0.2) is 0 Å². The first kappa shape index (κ1) is 31.4. The van der Waals surface area contributed by atoms with Gasteiger partial charge in [0.25, 0.3) is 0 Å². The van der Waals surface area contributed by atoms with Crippen molar-refractivity contribution >= 4 is 16.0 Å². The second-order valence-electron chi connectivity index (χ2n) is 6.49. The van der Waals surface area contributed by atoms with E-state index in [2.05, 4.69) is 0 Å². The van der Waals surface area contributed by atoms with Crippen molar-refractivity contribution in [2.75, 3.05) is 5.75 Å². The van der Waals surface area contributed by atoms with Crippen LogP contribution in [0.3, 0.4) is 0 Å². The fraction of sp³-hybridized carbons (Fsp3) is 0.923. The predicted octanol–water partition coefficient (Wildman–Crippen LogP) is 3.61. The van der Waals surface area contributed by atoms with E-state index >= 15 is 0 Å². The maximum atomic E-state index is 13.6. The summed E-state index contributed by atoms with van der Waals surface area (Å²) in [6.45, 7) is 0. The topological polar surface area (TPSA) is 104 Å². The van der Waals surface area contributed by atoms with Gasteiger partial charge in [-0.2, -0.15) is 61.8 Å². The third-order valence-electron chi connectivity index (χ3n) is 3.85. The van der Waals surface area contributed by atoms with Crippen LogP contribution < -0.4 is 4.72 Å². The maximum absolute atomic E-state index is 13.6. The lowest BCUT2D eigenvalue weighted by molar-refractivity contribution is -0.440. The minimum Gasteiger partial charge on any atom is -0.481 e. The summed E-state index contributed by atoms with van der Waals surface area (Å²) in [5, 5.41) is 17.5. The van der Waals surface area contributed by atoms with Crippen molar-refractivity contribution in [1.82, 2.24) is 4.72 Å². The van der Waals surface area contributed by atoms with Crippen LogP contribution in [0.1, 0.15) is 25.7 Å². The van der Waals surface area contributed by atoms with E-state index in [1.807, 2.05) is 0 Å². The normalized spacial score (nSPS) is 16.1. The molecular weight excluding hydrogens is 529 g/mol. The van der Waals surface area contributed by atoms with E-state index in [1.165, 1.54) is 0 Å². The van der Waals surface area contributed by atoms with Crippen molar-refractivity contribution in [1.29, 1.82) is 0 Å². The lowest BCUT2D eigenvalue weighted by Gasteiger charge is -2.39. The molecule has 0 radical (unpaired) electrons. The van der Waals surface area contributed by atoms with Gasteiger partial charge < -0.3 is 10.2 Å². The van der Waals surface area contributed by atoms with Gasteiger partial charge in [-0.15, -0.1) is 0 Å². The van der Waals surface area contributed by atoms with E-state index < -0.39 is 89.4 Å². The summed E-state index contributed by atoms with van der Waals surface area (Å²) in [5.41, 5.74) is 0. The predicted molar refractivity (Wildman–Crippen MR) is 79.8 cm³/mol. The first-order chi connectivity index (χ1) is 14.3. The standard InChI is InChI=1S/C13H14F13NO5S/c14-8(15,4-3-6(28)27-33(31,32)5-1-2-7(29)30)9(16,17)10(18,19)11(20,21)12(22,23)13(24,25)26/h6,27-28H,1-5H2,(H,29,30). The molecule has 0 aliphatic carbocycles. The fourth-order valence-electron chi connectivity index (χ4n) is 2.02. The maximum Gasteiger partial charge on any atom is 0.460 e. The van der Waals surface area contributed by atoms with E-state index in [1.54, 1.807) is 0 Å². The second-order valence-corrected chi connectivity index (χ2v) is 8.36. The molecule has 20 heteroatoms. The lowest BCUT2D eigenvalue weighted by atomic mass is 9.92. The van der Waals surface area contributed by atoms with Crippen LogP contribution in [0.5, 0.6) is 0 Å². The zero-order valence-electron chi connectivity index (χ0n) is 15.6.